The van der Waals surface area contributed by atoms with Crippen LogP contribution in [0.15, 0.2) is 24.3 Å². The molecule has 5 nitrogen and oxygen atoms in total. The van der Waals surface area contributed by atoms with E-state index in [9.17, 15) is 4.79 Å². The summed E-state index contributed by atoms with van der Waals surface area (Å²) < 4.78 is 0. The smallest absolute Gasteiger partial charge is 0.272 e. The number of nitrogens with zero attached hydrogens (tertiary/aromatic N) is 2. The van der Waals surface area contributed by atoms with Crippen LogP contribution < -0.4 is 5.32 Å². The van der Waals surface area contributed by atoms with E-state index in [0.29, 0.717) is 5.69 Å². The van der Waals surface area contributed by atoms with Gasteiger partial charge in [-0.15, -0.1) is 0 Å². The summed E-state index contributed by atoms with van der Waals surface area (Å²) in [5.41, 5.74) is 1.19. The maximum atomic E-state index is 11.9. The molecule has 2 rings (SSSR count). The highest BCUT2D eigenvalue weighted by Crippen LogP contribution is 2.14. The Labute approximate surface area is 98.4 Å². The van der Waals surface area contributed by atoms with Crippen LogP contribution in [0, 0.1) is 11.3 Å². The minimum atomic E-state index is -0.259. The standard InChI is InChI=1S/C12H12N4O/c1-8(6-7-13)14-12(17)11-9-4-2-3-5-10(9)15-16-11/h2-5,8H,6H2,1H3,(H,14,17)(H,15,16)/t8-/m0/s1. The van der Waals surface area contributed by atoms with Crippen LogP contribution in [-0.4, -0.2) is 22.1 Å². The average molecular weight is 228 g/mol. The molecule has 0 saturated heterocycles. The second-order valence-electron chi connectivity index (χ2n) is 3.85. The molecule has 0 aliphatic rings. The molecule has 1 aromatic heterocycles. The maximum absolute atomic E-state index is 11.9. The lowest BCUT2D eigenvalue weighted by molar-refractivity contribution is 0.0937. The Bertz CT molecular complexity index is 581. The number of para-hydroxylation sites is 1. The first-order chi connectivity index (χ1) is 8.22. The molecule has 5 heteroatoms. The fourth-order valence-corrected chi connectivity index (χ4v) is 1.62. The molecule has 0 spiro atoms. The minimum Gasteiger partial charge on any atom is -0.347 e. The topological polar surface area (TPSA) is 81.6 Å². The van der Waals surface area contributed by atoms with E-state index in [1.165, 1.54) is 0 Å². The number of hydrogen-bond donors (Lipinski definition) is 2. The fraction of sp³-hybridized carbons (Fsp3) is 0.250. The third kappa shape index (κ3) is 2.26. The zero-order valence-corrected chi connectivity index (χ0v) is 9.40. The minimum absolute atomic E-state index is 0.178. The third-order valence-corrected chi connectivity index (χ3v) is 2.46. The van der Waals surface area contributed by atoms with Gasteiger partial charge in [0.25, 0.3) is 5.91 Å². The Kier molecular flexibility index (Phi) is 3.06. The first kappa shape index (κ1) is 11.1. The lowest BCUT2D eigenvalue weighted by Crippen LogP contribution is -2.32. The molecule has 0 unspecified atom stereocenters. The van der Waals surface area contributed by atoms with Crippen molar-refractivity contribution in [3.8, 4) is 6.07 Å². The van der Waals surface area contributed by atoms with E-state index in [2.05, 4.69) is 15.5 Å². The van der Waals surface area contributed by atoms with Crippen molar-refractivity contribution in [2.45, 2.75) is 19.4 Å². The van der Waals surface area contributed by atoms with Crippen LogP contribution in [0.5, 0.6) is 0 Å². The predicted molar refractivity (Wildman–Crippen MR) is 63.3 cm³/mol. The van der Waals surface area contributed by atoms with Crippen molar-refractivity contribution in [1.29, 1.82) is 5.26 Å². The monoisotopic (exact) mass is 228 g/mol. The van der Waals surface area contributed by atoms with Crippen molar-refractivity contribution < 1.29 is 4.79 Å². The molecule has 0 saturated carbocycles. The van der Waals surface area contributed by atoms with Gasteiger partial charge in [0.1, 0.15) is 0 Å². The first-order valence-electron chi connectivity index (χ1n) is 5.33. The van der Waals surface area contributed by atoms with Crippen LogP contribution in [0.25, 0.3) is 10.9 Å². The number of benzene rings is 1. The van der Waals surface area contributed by atoms with Gasteiger partial charge >= 0.3 is 0 Å². The molecule has 2 aromatic rings. The molecule has 1 aromatic carbocycles. The SMILES string of the molecule is C[C@@H](CC#N)NC(=O)c1n[nH]c2ccccc12. The summed E-state index contributed by atoms with van der Waals surface area (Å²) in [7, 11) is 0. The van der Waals surface area contributed by atoms with Crippen LogP contribution in [0.4, 0.5) is 0 Å². The van der Waals surface area contributed by atoms with Crippen LogP contribution in [0.3, 0.4) is 0 Å². The van der Waals surface area contributed by atoms with Gasteiger partial charge in [-0.3, -0.25) is 9.89 Å². The quantitative estimate of drug-likeness (QED) is 0.837. The number of aromatic nitrogens is 2. The van der Waals surface area contributed by atoms with Crippen molar-refractivity contribution >= 4 is 16.8 Å². The summed E-state index contributed by atoms with van der Waals surface area (Å²) in [6, 6.07) is 9.26. The van der Waals surface area contributed by atoms with Crippen LogP contribution in [0.2, 0.25) is 0 Å². The van der Waals surface area contributed by atoms with Gasteiger partial charge in [-0.1, -0.05) is 18.2 Å². The molecule has 0 bridgehead atoms. The Balaban J connectivity index is 2.23. The van der Waals surface area contributed by atoms with E-state index >= 15 is 0 Å². The van der Waals surface area contributed by atoms with Gasteiger partial charge in [-0.2, -0.15) is 10.4 Å². The van der Waals surface area contributed by atoms with Crippen LogP contribution in [-0.2, 0) is 0 Å². The summed E-state index contributed by atoms with van der Waals surface area (Å²) in [4.78, 5) is 11.9. The van der Waals surface area contributed by atoms with Gasteiger partial charge < -0.3 is 5.32 Å². The number of H-pyrrole nitrogens is 1. The summed E-state index contributed by atoms with van der Waals surface area (Å²) >= 11 is 0. The number of nitrogens with one attached hydrogen (secondary N) is 2. The number of amides is 1. The number of nitriles is 1. The molecule has 17 heavy (non-hydrogen) atoms. The summed E-state index contributed by atoms with van der Waals surface area (Å²) in [6.07, 6.45) is 0.286. The zero-order chi connectivity index (χ0) is 12.3. The summed E-state index contributed by atoms with van der Waals surface area (Å²) in [5, 5.41) is 18.8. The second-order valence-corrected chi connectivity index (χ2v) is 3.85. The largest absolute Gasteiger partial charge is 0.347 e. The first-order valence-corrected chi connectivity index (χ1v) is 5.33. The Morgan fingerprint density at radius 3 is 3.12 bits per heavy atom. The number of aromatic amines is 1. The third-order valence-electron chi connectivity index (χ3n) is 2.46. The van der Waals surface area contributed by atoms with E-state index in [-0.39, 0.29) is 18.4 Å². The Morgan fingerprint density at radius 2 is 2.35 bits per heavy atom. The highest BCUT2D eigenvalue weighted by molar-refractivity contribution is 6.04. The van der Waals surface area contributed by atoms with Gasteiger partial charge in [0.05, 0.1) is 18.0 Å². The molecule has 1 heterocycles. The van der Waals surface area contributed by atoms with Crippen molar-refractivity contribution in [2.75, 3.05) is 0 Å². The van der Waals surface area contributed by atoms with E-state index in [0.717, 1.165) is 10.9 Å². The van der Waals surface area contributed by atoms with Gasteiger partial charge in [-0.05, 0) is 13.0 Å². The molecule has 1 atom stereocenters. The van der Waals surface area contributed by atoms with E-state index < -0.39 is 0 Å². The molecular formula is C12H12N4O. The van der Waals surface area contributed by atoms with Crippen molar-refractivity contribution in [3.05, 3.63) is 30.0 Å². The Morgan fingerprint density at radius 1 is 1.59 bits per heavy atom. The fourth-order valence-electron chi connectivity index (χ4n) is 1.62. The van der Waals surface area contributed by atoms with E-state index in [1.54, 1.807) is 6.92 Å². The van der Waals surface area contributed by atoms with Gasteiger partial charge in [0, 0.05) is 11.4 Å². The molecular weight excluding hydrogens is 216 g/mol. The van der Waals surface area contributed by atoms with E-state index in [4.69, 9.17) is 5.26 Å². The van der Waals surface area contributed by atoms with Gasteiger partial charge in [0.2, 0.25) is 0 Å². The molecule has 0 aliphatic heterocycles. The van der Waals surface area contributed by atoms with Gasteiger partial charge in [-0.25, -0.2) is 0 Å². The number of fused-ring (bicyclic) bond motifs is 1. The molecule has 0 radical (unpaired) electrons. The number of carbonyl (C=O) groups excluding carboxylic acids is 1. The molecule has 0 aliphatic carbocycles. The second kappa shape index (κ2) is 4.66. The lowest BCUT2D eigenvalue weighted by atomic mass is 10.2. The highest BCUT2D eigenvalue weighted by Gasteiger charge is 2.15. The number of rotatable bonds is 3. The molecule has 86 valence electrons. The number of carbonyl (C=O) groups is 1. The average Bonchev–Trinajstić information content (AvgIpc) is 2.72. The highest BCUT2D eigenvalue weighted by atomic mass is 16.2. The maximum Gasteiger partial charge on any atom is 0.272 e. The lowest BCUT2D eigenvalue weighted by Gasteiger charge is -2.08. The molecule has 0 fully saturated rings. The van der Waals surface area contributed by atoms with Crippen LogP contribution >= 0.6 is 0 Å². The molecule has 2 N–H and O–H groups in total. The van der Waals surface area contributed by atoms with Crippen molar-refractivity contribution in [3.63, 3.8) is 0 Å². The molecule has 1 amide bonds. The zero-order valence-electron chi connectivity index (χ0n) is 9.40. The summed E-state index contributed by atoms with van der Waals surface area (Å²) in [6.45, 7) is 1.79. The predicted octanol–water partition coefficient (Wildman–Crippen LogP) is 1.59. The van der Waals surface area contributed by atoms with Gasteiger partial charge in [0.15, 0.2) is 5.69 Å². The van der Waals surface area contributed by atoms with E-state index in [1.807, 2.05) is 30.3 Å². The normalized spacial score (nSPS) is 12.0. The number of hydrogen-bond acceptors (Lipinski definition) is 3. The summed E-state index contributed by atoms with van der Waals surface area (Å²) in [5.74, 6) is -0.259. The van der Waals surface area contributed by atoms with Crippen molar-refractivity contribution in [1.82, 2.24) is 15.5 Å². The Hall–Kier alpha value is -2.35. The van der Waals surface area contributed by atoms with Crippen LogP contribution in [0.1, 0.15) is 23.8 Å². The van der Waals surface area contributed by atoms with Crippen molar-refractivity contribution in [2.24, 2.45) is 0 Å².